The molecule has 1 aliphatic rings. The number of hydrogen-bond donors (Lipinski definition) is 0. The summed E-state index contributed by atoms with van der Waals surface area (Å²) >= 11 is 0. The Balaban J connectivity index is 2.19. The molecule has 0 aliphatic carbocycles. The first-order chi connectivity index (χ1) is 10.2. The van der Waals surface area contributed by atoms with Gasteiger partial charge in [0.1, 0.15) is 11.5 Å². The second-order valence-corrected chi connectivity index (χ2v) is 4.93. The van der Waals surface area contributed by atoms with Crippen LogP contribution in [-0.2, 0) is 4.74 Å². The maximum Gasteiger partial charge on any atom is 0.339 e. The Kier molecular flexibility index (Phi) is 3.29. The summed E-state index contributed by atoms with van der Waals surface area (Å²) in [6.07, 6.45) is -0.436. The van der Waals surface area contributed by atoms with Gasteiger partial charge in [0.15, 0.2) is 6.10 Å². The molecule has 0 bridgehead atoms. The molecule has 3 rings (SSSR count). The van der Waals surface area contributed by atoms with Crippen molar-refractivity contribution >= 4 is 5.97 Å². The number of ether oxygens (including phenoxy) is 3. The molecule has 1 aliphatic heterocycles. The zero-order valence-corrected chi connectivity index (χ0v) is 12.2. The van der Waals surface area contributed by atoms with E-state index >= 15 is 0 Å². The monoisotopic (exact) mass is 284 g/mol. The van der Waals surface area contributed by atoms with E-state index in [1.54, 1.807) is 26.4 Å². The minimum Gasteiger partial charge on any atom is -0.497 e. The summed E-state index contributed by atoms with van der Waals surface area (Å²) < 4.78 is 16.2. The maximum atomic E-state index is 12.2. The lowest BCUT2D eigenvalue weighted by molar-refractivity contribution is 0.0453. The van der Waals surface area contributed by atoms with Crippen LogP contribution in [0, 0.1) is 6.92 Å². The van der Waals surface area contributed by atoms with Crippen LogP contribution in [0.3, 0.4) is 0 Å². The van der Waals surface area contributed by atoms with E-state index in [9.17, 15) is 4.79 Å². The lowest BCUT2D eigenvalue weighted by atomic mass is 9.95. The SMILES string of the molecule is COc1cc(OC)c2c(c1)C(=O)OC2c1ccccc1C. The number of rotatable bonds is 3. The van der Waals surface area contributed by atoms with Crippen molar-refractivity contribution in [2.45, 2.75) is 13.0 Å². The molecule has 2 aromatic carbocycles. The van der Waals surface area contributed by atoms with Crippen molar-refractivity contribution in [3.05, 3.63) is 58.7 Å². The number of benzene rings is 2. The summed E-state index contributed by atoms with van der Waals surface area (Å²) in [5.74, 6) is 0.826. The van der Waals surface area contributed by atoms with Gasteiger partial charge in [0.2, 0.25) is 0 Å². The second-order valence-electron chi connectivity index (χ2n) is 4.93. The van der Waals surface area contributed by atoms with Crippen molar-refractivity contribution in [1.82, 2.24) is 0 Å². The number of cyclic esters (lactones) is 1. The molecule has 0 aromatic heterocycles. The molecule has 1 unspecified atom stereocenters. The minimum absolute atomic E-state index is 0.351. The Hall–Kier alpha value is -2.49. The molecule has 0 fully saturated rings. The minimum atomic E-state index is -0.436. The smallest absolute Gasteiger partial charge is 0.339 e. The highest BCUT2D eigenvalue weighted by Gasteiger charge is 2.36. The predicted molar refractivity (Wildman–Crippen MR) is 78.0 cm³/mol. The van der Waals surface area contributed by atoms with Gasteiger partial charge in [-0.05, 0) is 18.6 Å². The number of carbonyl (C=O) groups excluding carboxylic acids is 1. The fourth-order valence-electron chi connectivity index (χ4n) is 2.66. The summed E-state index contributed by atoms with van der Waals surface area (Å²) in [6.45, 7) is 2.00. The molecule has 1 heterocycles. The number of esters is 1. The summed E-state index contributed by atoms with van der Waals surface area (Å²) in [7, 11) is 3.13. The maximum absolute atomic E-state index is 12.2. The van der Waals surface area contributed by atoms with Crippen LogP contribution in [0.25, 0.3) is 0 Å². The first-order valence-electron chi connectivity index (χ1n) is 6.68. The first kappa shape index (κ1) is 13.5. The average Bonchev–Trinajstić information content (AvgIpc) is 2.84. The van der Waals surface area contributed by atoms with Gasteiger partial charge in [-0.1, -0.05) is 24.3 Å². The highest BCUT2D eigenvalue weighted by Crippen LogP contribution is 2.44. The van der Waals surface area contributed by atoms with E-state index < -0.39 is 6.10 Å². The van der Waals surface area contributed by atoms with Gasteiger partial charge >= 0.3 is 5.97 Å². The Bertz CT molecular complexity index is 706. The molecule has 108 valence electrons. The number of fused-ring (bicyclic) bond motifs is 1. The van der Waals surface area contributed by atoms with E-state index in [0.29, 0.717) is 17.1 Å². The summed E-state index contributed by atoms with van der Waals surface area (Å²) in [6, 6.07) is 11.3. The van der Waals surface area contributed by atoms with Gasteiger partial charge in [-0.3, -0.25) is 0 Å². The normalized spacial score (nSPS) is 16.3. The van der Waals surface area contributed by atoms with Crippen molar-refractivity contribution in [3.8, 4) is 11.5 Å². The van der Waals surface area contributed by atoms with E-state index in [0.717, 1.165) is 16.7 Å². The van der Waals surface area contributed by atoms with E-state index in [1.807, 2.05) is 31.2 Å². The standard InChI is InChI=1S/C17H16O4/c1-10-6-4-5-7-12(10)16-15-13(17(18)21-16)8-11(19-2)9-14(15)20-3/h4-9,16H,1-3H3. The van der Waals surface area contributed by atoms with E-state index in [1.165, 1.54) is 0 Å². The molecule has 0 saturated carbocycles. The summed E-state index contributed by atoms with van der Waals surface area (Å²) in [4.78, 5) is 12.2. The first-order valence-corrected chi connectivity index (χ1v) is 6.68. The molecule has 21 heavy (non-hydrogen) atoms. The molecular formula is C17H16O4. The summed E-state index contributed by atoms with van der Waals surface area (Å²) in [5.41, 5.74) is 3.30. The van der Waals surface area contributed by atoms with Crippen molar-refractivity contribution in [2.24, 2.45) is 0 Å². The molecule has 4 heteroatoms. The Labute approximate surface area is 123 Å². The fraction of sp³-hybridized carbons (Fsp3) is 0.235. The fourth-order valence-corrected chi connectivity index (χ4v) is 2.66. The molecule has 2 aromatic rings. The van der Waals surface area contributed by atoms with Crippen LogP contribution in [-0.4, -0.2) is 20.2 Å². The van der Waals surface area contributed by atoms with Gasteiger partial charge in [0.05, 0.1) is 25.3 Å². The van der Waals surface area contributed by atoms with Gasteiger partial charge in [-0.2, -0.15) is 0 Å². The van der Waals surface area contributed by atoms with Crippen LogP contribution < -0.4 is 9.47 Å². The van der Waals surface area contributed by atoms with Gasteiger partial charge < -0.3 is 14.2 Å². The average molecular weight is 284 g/mol. The molecule has 4 nitrogen and oxygen atoms in total. The molecule has 0 spiro atoms. The van der Waals surface area contributed by atoms with Crippen LogP contribution in [0.15, 0.2) is 36.4 Å². The Morgan fingerprint density at radius 3 is 2.52 bits per heavy atom. The summed E-state index contributed by atoms with van der Waals surface area (Å²) in [5, 5.41) is 0. The van der Waals surface area contributed by atoms with E-state index in [-0.39, 0.29) is 5.97 Å². The van der Waals surface area contributed by atoms with Crippen molar-refractivity contribution in [2.75, 3.05) is 14.2 Å². The van der Waals surface area contributed by atoms with Gasteiger partial charge in [0.25, 0.3) is 0 Å². The van der Waals surface area contributed by atoms with Gasteiger partial charge in [-0.15, -0.1) is 0 Å². The van der Waals surface area contributed by atoms with Crippen LogP contribution in [0.4, 0.5) is 0 Å². The highest BCUT2D eigenvalue weighted by atomic mass is 16.6. The topological polar surface area (TPSA) is 44.8 Å². The molecule has 0 radical (unpaired) electrons. The lowest BCUT2D eigenvalue weighted by Gasteiger charge is -2.16. The zero-order chi connectivity index (χ0) is 15.0. The van der Waals surface area contributed by atoms with E-state index in [4.69, 9.17) is 14.2 Å². The van der Waals surface area contributed by atoms with Crippen LogP contribution >= 0.6 is 0 Å². The molecule has 0 amide bonds. The highest BCUT2D eigenvalue weighted by molar-refractivity contribution is 5.96. The van der Waals surface area contributed by atoms with Crippen LogP contribution in [0.5, 0.6) is 11.5 Å². The Morgan fingerprint density at radius 2 is 1.86 bits per heavy atom. The molecule has 0 saturated heterocycles. The van der Waals surface area contributed by atoms with Crippen LogP contribution in [0.2, 0.25) is 0 Å². The van der Waals surface area contributed by atoms with Crippen molar-refractivity contribution in [1.29, 1.82) is 0 Å². The largest absolute Gasteiger partial charge is 0.497 e. The number of carbonyl (C=O) groups is 1. The van der Waals surface area contributed by atoms with Gasteiger partial charge in [0, 0.05) is 11.6 Å². The number of methoxy groups -OCH3 is 2. The quantitative estimate of drug-likeness (QED) is 0.811. The lowest BCUT2D eigenvalue weighted by Crippen LogP contribution is -2.04. The third-order valence-corrected chi connectivity index (χ3v) is 3.75. The van der Waals surface area contributed by atoms with Crippen molar-refractivity contribution in [3.63, 3.8) is 0 Å². The number of hydrogen-bond acceptors (Lipinski definition) is 4. The molecular weight excluding hydrogens is 268 g/mol. The number of aryl methyl sites for hydroxylation is 1. The predicted octanol–water partition coefficient (Wildman–Crippen LogP) is 3.27. The molecule has 0 N–H and O–H groups in total. The Morgan fingerprint density at radius 1 is 1.10 bits per heavy atom. The third-order valence-electron chi connectivity index (χ3n) is 3.75. The molecule has 1 atom stereocenters. The van der Waals surface area contributed by atoms with Crippen molar-refractivity contribution < 1.29 is 19.0 Å². The van der Waals surface area contributed by atoms with Crippen LogP contribution in [0.1, 0.15) is 33.2 Å². The third kappa shape index (κ3) is 2.13. The zero-order valence-electron chi connectivity index (χ0n) is 12.2. The second kappa shape index (κ2) is 5.13. The van der Waals surface area contributed by atoms with E-state index in [2.05, 4.69) is 0 Å². The van der Waals surface area contributed by atoms with Gasteiger partial charge in [-0.25, -0.2) is 4.79 Å².